The third-order valence-corrected chi connectivity index (χ3v) is 13.6. The first kappa shape index (κ1) is 20.7. The fourth-order valence-corrected chi connectivity index (χ4v) is 11.9. The molecular formula is C24H27BiO3. The van der Waals surface area contributed by atoms with Crippen LogP contribution in [0.3, 0.4) is 0 Å². The van der Waals surface area contributed by atoms with E-state index in [1.54, 1.807) is 0 Å². The first-order valence-electron chi connectivity index (χ1n) is 9.73. The van der Waals surface area contributed by atoms with Crippen molar-refractivity contribution in [2.45, 2.75) is 20.8 Å². The molecule has 0 aliphatic heterocycles. The molecule has 0 amide bonds. The van der Waals surface area contributed by atoms with Crippen LogP contribution in [-0.4, -0.2) is 41.6 Å². The van der Waals surface area contributed by atoms with E-state index in [1.807, 2.05) is 26.8 Å². The van der Waals surface area contributed by atoms with Crippen LogP contribution in [0.15, 0.2) is 72.8 Å². The summed E-state index contributed by atoms with van der Waals surface area (Å²) in [5.41, 5.74) is 0. The summed E-state index contributed by atoms with van der Waals surface area (Å²) in [6, 6.07) is 25.9. The summed E-state index contributed by atoms with van der Waals surface area (Å²) < 4.78 is 21.3. The Morgan fingerprint density at radius 2 is 1.00 bits per heavy atom. The van der Waals surface area contributed by atoms with Crippen molar-refractivity contribution in [3.05, 3.63) is 72.8 Å². The Hall–Kier alpha value is -2.06. The Labute approximate surface area is 175 Å². The molecule has 0 saturated carbocycles. The summed E-state index contributed by atoms with van der Waals surface area (Å²) in [6.45, 7) is 8.08. The van der Waals surface area contributed by atoms with E-state index < -0.39 is 21.8 Å². The predicted molar refractivity (Wildman–Crippen MR) is 117 cm³/mol. The van der Waals surface area contributed by atoms with Gasteiger partial charge in [0, 0.05) is 0 Å². The standard InChI is InChI=1S/3C8H9O.Bi/c3*1-2-9-8-6-4-3-5-7-8;/h2*4-7H,2H2,1H3;3-4,6-7H,2H2,1H3;. The van der Waals surface area contributed by atoms with Gasteiger partial charge in [0.2, 0.25) is 0 Å². The molecule has 28 heavy (non-hydrogen) atoms. The Balaban J connectivity index is 2.01. The fourth-order valence-electron chi connectivity index (χ4n) is 3.04. The first-order chi connectivity index (χ1) is 13.7. The quantitative estimate of drug-likeness (QED) is 0.368. The molecule has 0 bridgehead atoms. The summed E-state index contributed by atoms with van der Waals surface area (Å²) in [7, 11) is 0. The van der Waals surface area contributed by atoms with Gasteiger partial charge in [-0.15, -0.1) is 0 Å². The van der Waals surface area contributed by atoms with Crippen molar-refractivity contribution in [1.29, 1.82) is 0 Å². The normalized spacial score (nSPS) is 10.7. The molecule has 146 valence electrons. The van der Waals surface area contributed by atoms with Gasteiger partial charge in [0.1, 0.15) is 0 Å². The molecule has 3 aromatic rings. The Morgan fingerprint density at radius 3 is 1.46 bits per heavy atom. The zero-order valence-corrected chi connectivity index (χ0v) is 20.2. The van der Waals surface area contributed by atoms with Crippen molar-refractivity contribution in [2.24, 2.45) is 0 Å². The van der Waals surface area contributed by atoms with Gasteiger partial charge in [0.25, 0.3) is 0 Å². The topological polar surface area (TPSA) is 27.7 Å². The first-order valence-corrected chi connectivity index (χ1v) is 15.0. The number of rotatable bonds is 9. The molecule has 0 spiro atoms. The maximum atomic E-state index is 5.76. The molecule has 0 aromatic heterocycles. The molecular weight excluding hydrogens is 545 g/mol. The molecule has 3 rings (SSSR count). The van der Waals surface area contributed by atoms with E-state index in [-0.39, 0.29) is 0 Å². The predicted octanol–water partition coefficient (Wildman–Crippen LogP) is 3.40. The second kappa shape index (κ2) is 10.5. The van der Waals surface area contributed by atoms with Crippen molar-refractivity contribution in [1.82, 2.24) is 0 Å². The molecule has 0 heterocycles. The van der Waals surface area contributed by atoms with E-state index in [0.717, 1.165) is 17.2 Å². The van der Waals surface area contributed by atoms with Gasteiger partial charge in [-0.3, -0.25) is 0 Å². The van der Waals surface area contributed by atoms with E-state index in [0.29, 0.717) is 19.8 Å². The van der Waals surface area contributed by atoms with Crippen LogP contribution in [-0.2, 0) is 0 Å². The van der Waals surface area contributed by atoms with E-state index in [9.17, 15) is 0 Å². The Bertz CT molecular complexity index is 810. The monoisotopic (exact) mass is 572 g/mol. The second-order valence-corrected chi connectivity index (χ2v) is 14.7. The van der Waals surface area contributed by atoms with Crippen molar-refractivity contribution >= 4 is 31.6 Å². The third kappa shape index (κ3) is 5.26. The number of benzene rings is 3. The number of ether oxygens (including phenoxy) is 3. The van der Waals surface area contributed by atoms with Crippen molar-refractivity contribution in [3.8, 4) is 17.2 Å². The van der Waals surface area contributed by atoms with E-state index in [4.69, 9.17) is 14.2 Å². The van der Waals surface area contributed by atoms with Gasteiger partial charge in [0.15, 0.2) is 0 Å². The van der Waals surface area contributed by atoms with Crippen LogP contribution in [0.25, 0.3) is 0 Å². The summed E-state index contributed by atoms with van der Waals surface area (Å²) in [5.74, 6) is 2.78. The SMILES string of the molecule is CCOc1cc[c]([Bi]([c]2ccc(OCC)cc2)[c]2cccc(OCC)c2)cc1. The van der Waals surface area contributed by atoms with Crippen LogP contribution in [0.1, 0.15) is 20.8 Å². The molecule has 0 N–H and O–H groups in total. The van der Waals surface area contributed by atoms with Crippen LogP contribution in [0.2, 0.25) is 0 Å². The van der Waals surface area contributed by atoms with Gasteiger partial charge in [0.05, 0.1) is 0 Å². The fraction of sp³-hybridized carbons (Fsp3) is 0.250. The molecule has 0 unspecified atom stereocenters. The van der Waals surface area contributed by atoms with Crippen molar-refractivity contribution in [2.75, 3.05) is 19.8 Å². The maximum absolute atomic E-state index is 5.76. The van der Waals surface area contributed by atoms with Gasteiger partial charge in [-0.2, -0.15) is 0 Å². The summed E-state index contributed by atoms with van der Waals surface area (Å²) in [5, 5.41) is 0. The Morgan fingerprint density at radius 1 is 0.536 bits per heavy atom. The van der Waals surface area contributed by atoms with E-state index >= 15 is 0 Å². The van der Waals surface area contributed by atoms with Gasteiger partial charge in [-0.1, -0.05) is 0 Å². The second-order valence-electron chi connectivity index (χ2n) is 6.12. The molecule has 3 nitrogen and oxygen atoms in total. The minimum absolute atomic E-state index is 0.676. The minimum atomic E-state index is -2.44. The molecule has 4 heteroatoms. The van der Waals surface area contributed by atoms with Gasteiger partial charge in [-0.05, 0) is 0 Å². The average molecular weight is 572 g/mol. The zero-order valence-electron chi connectivity index (χ0n) is 16.7. The van der Waals surface area contributed by atoms with Gasteiger partial charge < -0.3 is 0 Å². The third-order valence-electron chi connectivity index (χ3n) is 4.20. The molecule has 0 radical (unpaired) electrons. The van der Waals surface area contributed by atoms with Crippen LogP contribution in [0.5, 0.6) is 17.2 Å². The van der Waals surface area contributed by atoms with Crippen LogP contribution < -0.4 is 24.0 Å². The zero-order chi connectivity index (χ0) is 19.8. The Kier molecular flexibility index (Phi) is 7.74. The average Bonchev–Trinajstić information content (AvgIpc) is 2.72. The summed E-state index contributed by atoms with van der Waals surface area (Å²) in [6.07, 6.45) is 0. The summed E-state index contributed by atoms with van der Waals surface area (Å²) >= 11 is -2.44. The van der Waals surface area contributed by atoms with Crippen LogP contribution in [0.4, 0.5) is 0 Å². The van der Waals surface area contributed by atoms with Gasteiger partial charge >= 0.3 is 176 Å². The molecule has 0 fully saturated rings. The van der Waals surface area contributed by atoms with E-state index in [2.05, 4.69) is 66.7 Å². The van der Waals surface area contributed by atoms with Crippen molar-refractivity contribution < 1.29 is 14.2 Å². The molecule has 3 aromatic carbocycles. The van der Waals surface area contributed by atoms with Crippen LogP contribution >= 0.6 is 0 Å². The van der Waals surface area contributed by atoms with Crippen LogP contribution in [0, 0.1) is 0 Å². The number of hydrogen-bond acceptors (Lipinski definition) is 3. The van der Waals surface area contributed by atoms with Crippen molar-refractivity contribution in [3.63, 3.8) is 0 Å². The number of hydrogen-bond donors (Lipinski definition) is 0. The molecule has 0 aliphatic carbocycles. The summed E-state index contributed by atoms with van der Waals surface area (Å²) in [4.78, 5) is 0. The molecule has 0 aliphatic rings. The molecule has 0 saturated heterocycles. The van der Waals surface area contributed by atoms with Gasteiger partial charge in [-0.25, -0.2) is 0 Å². The molecule has 0 atom stereocenters. The van der Waals surface area contributed by atoms with E-state index in [1.165, 1.54) is 9.81 Å².